The van der Waals surface area contributed by atoms with Crippen LogP contribution in [0, 0.1) is 0 Å². The number of hydrogen-bond donors (Lipinski definition) is 0. The standard InChI is InChI=1S/C7H14BrN/c1-7(6-8)4-5-9(2)3/h1,4-6H2,2-3H3. The fourth-order valence-corrected chi connectivity index (χ4v) is 0.729. The minimum atomic E-state index is 0.931. The first-order chi connectivity index (χ1) is 4.16. The first-order valence-corrected chi connectivity index (χ1v) is 4.16. The number of halogens is 1. The van der Waals surface area contributed by atoms with Crippen molar-refractivity contribution in [1.29, 1.82) is 0 Å². The summed E-state index contributed by atoms with van der Waals surface area (Å²) in [5.41, 5.74) is 1.27. The SMILES string of the molecule is C=C(CBr)CCN(C)C. The van der Waals surface area contributed by atoms with Crippen molar-refractivity contribution in [2.24, 2.45) is 0 Å². The molecule has 0 rings (SSSR count). The van der Waals surface area contributed by atoms with Crippen LogP contribution < -0.4 is 0 Å². The van der Waals surface area contributed by atoms with Crippen LogP contribution in [0.2, 0.25) is 0 Å². The molecule has 54 valence electrons. The van der Waals surface area contributed by atoms with Gasteiger partial charge in [0.1, 0.15) is 0 Å². The summed E-state index contributed by atoms with van der Waals surface area (Å²) < 4.78 is 0. The molecule has 0 saturated carbocycles. The zero-order valence-corrected chi connectivity index (χ0v) is 7.74. The zero-order chi connectivity index (χ0) is 7.28. The molecule has 2 heteroatoms. The highest BCUT2D eigenvalue weighted by Crippen LogP contribution is 2.01. The molecule has 0 N–H and O–H groups in total. The highest BCUT2D eigenvalue weighted by molar-refractivity contribution is 9.09. The molecule has 0 aromatic heterocycles. The molecule has 0 aromatic rings. The number of nitrogens with zero attached hydrogens (tertiary/aromatic N) is 1. The van der Waals surface area contributed by atoms with Crippen LogP contribution in [0.5, 0.6) is 0 Å². The fourth-order valence-electron chi connectivity index (χ4n) is 0.449. The molecule has 0 heterocycles. The number of alkyl halides is 1. The Morgan fingerprint density at radius 2 is 2.11 bits per heavy atom. The molecule has 0 aliphatic rings. The topological polar surface area (TPSA) is 3.24 Å². The maximum Gasteiger partial charge on any atom is 0.0239 e. The Kier molecular flexibility index (Phi) is 5.10. The lowest BCUT2D eigenvalue weighted by molar-refractivity contribution is 0.413. The van der Waals surface area contributed by atoms with Crippen LogP contribution in [0.15, 0.2) is 12.2 Å². The van der Waals surface area contributed by atoms with Crippen LogP contribution in [-0.4, -0.2) is 30.9 Å². The quantitative estimate of drug-likeness (QED) is 0.485. The first-order valence-electron chi connectivity index (χ1n) is 3.04. The van der Waals surface area contributed by atoms with E-state index in [9.17, 15) is 0 Å². The molecule has 0 bridgehead atoms. The van der Waals surface area contributed by atoms with Gasteiger partial charge in [-0.15, -0.1) is 0 Å². The Balaban J connectivity index is 3.17. The van der Waals surface area contributed by atoms with E-state index >= 15 is 0 Å². The summed E-state index contributed by atoms with van der Waals surface area (Å²) in [7, 11) is 4.14. The van der Waals surface area contributed by atoms with Gasteiger partial charge in [0, 0.05) is 11.9 Å². The molecule has 0 spiro atoms. The maximum atomic E-state index is 3.87. The maximum absolute atomic E-state index is 3.87. The summed E-state index contributed by atoms with van der Waals surface area (Å²) in [6, 6.07) is 0. The summed E-state index contributed by atoms with van der Waals surface area (Å²) in [4.78, 5) is 2.16. The van der Waals surface area contributed by atoms with Crippen molar-refractivity contribution in [2.45, 2.75) is 6.42 Å². The first kappa shape index (κ1) is 9.18. The molecule has 0 fully saturated rings. The molecule has 1 nitrogen and oxygen atoms in total. The molecule has 0 saturated heterocycles. The van der Waals surface area contributed by atoms with Gasteiger partial charge in [-0.3, -0.25) is 0 Å². The van der Waals surface area contributed by atoms with Crippen LogP contribution in [0.3, 0.4) is 0 Å². The van der Waals surface area contributed by atoms with Gasteiger partial charge < -0.3 is 4.90 Å². The molecule has 0 atom stereocenters. The summed E-state index contributed by atoms with van der Waals surface area (Å²) in [5, 5.41) is 0.931. The summed E-state index contributed by atoms with van der Waals surface area (Å²) >= 11 is 3.35. The van der Waals surface area contributed by atoms with E-state index in [4.69, 9.17) is 0 Å². The third-order valence-corrected chi connectivity index (χ3v) is 1.89. The van der Waals surface area contributed by atoms with Crippen LogP contribution in [0.25, 0.3) is 0 Å². The minimum absolute atomic E-state index is 0.931. The average Bonchev–Trinajstić information content (AvgIpc) is 1.83. The Hall–Kier alpha value is 0.180. The van der Waals surface area contributed by atoms with E-state index in [1.165, 1.54) is 5.57 Å². The van der Waals surface area contributed by atoms with Crippen molar-refractivity contribution in [1.82, 2.24) is 4.90 Å². The molecule has 0 radical (unpaired) electrons. The highest BCUT2D eigenvalue weighted by Gasteiger charge is 1.92. The van der Waals surface area contributed by atoms with Gasteiger partial charge in [-0.2, -0.15) is 0 Å². The van der Waals surface area contributed by atoms with Gasteiger partial charge in [0.15, 0.2) is 0 Å². The Morgan fingerprint density at radius 1 is 1.56 bits per heavy atom. The smallest absolute Gasteiger partial charge is 0.0239 e. The largest absolute Gasteiger partial charge is 0.309 e. The lowest BCUT2D eigenvalue weighted by Gasteiger charge is -2.08. The van der Waals surface area contributed by atoms with Gasteiger partial charge in [0.25, 0.3) is 0 Å². The summed E-state index contributed by atoms with van der Waals surface area (Å²) in [5.74, 6) is 0. The second kappa shape index (κ2) is 5.00. The Bertz CT molecular complexity index is 88.9. The lowest BCUT2D eigenvalue weighted by Crippen LogP contribution is -2.13. The monoisotopic (exact) mass is 191 g/mol. The molecular weight excluding hydrogens is 178 g/mol. The van der Waals surface area contributed by atoms with Crippen molar-refractivity contribution in [3.8, 4) is 0 Å². The van der Waals surface area contributed by atoms with E-state index in [2.05, 4.69) is 41.5 Å². The molecule has 9 heavy (non-hydrogen) atoms. The number of rotatable bonds is 4. The van der Waals surface area contributed by atoms with E-state index in [1.807, 2.05) is 0 Å². The third-order valence-electron chi connectivity index (χ3n) is 1.10. The normalized spacial score (nSPS) is 10.2. The van der Waals surface area contributed by atoms with Crippen molar-refractivity contribution in [3.63, 3.8) is 0 Å². The zero-order valence-electron chi connectivity index (χ0n) is 6.15. The molecule has 0 aliphatic carbocycles. The average molecular weight is 192 g/mol. The lowest BCUT2D eigenvalue weighted by atomic mass is 10.2. The van der Waals surface area contributed by atoms with Gasteiger partial charge in [-0.25, -0.2) is 0 Å². The predicted molar refractivity (Wildman–Crippen MR) is 46.1 cm³/mol. The van der Waals surface area contributed by atoms with Crippen molar-refractivity contribution >= 4 is 15.9 Å². The van der Waals surface area contributed by atoms with Gasteiger partial charge in [0.05, 0.1) is 0 Å². The predicted octanol–water partition coefficient (Wildman–Crippen LogP) is 1.89. The Morgan fingerprint density at radius 3 is 2.44 bits per heavy atom. The van der Waals surface area contributed by atoms with E-state index < -0.39 is 0 Å². The van der Waals surface area contributed by atoms with Gasteiger partial charge in [-0.1, -0.05) is 28.1 Å². The molecule has 0 aliphatic heterocycles. The highest BCUT2D eigenvalue weighted by atomic mass is 79.9. The fraction of sp³-hybridized carbons (Fsp3) is 0.714. The van der Waals surface area contributed by atoms with E-state index in [-0.39, 0.29) is 0 Å². The molecule has 0 amide bonds. The molecule has 0 unspecified atom stereocenters. The van der Waals surface area contributed by atoms with Gasteiger partial charge >= 0.3 is 0 Å². The van der Waals surface area contributed by atoms with Crippen LogP contribution in [-0.2, 0) is 0 Å². The van der Waals surface area contributed by atoms with Crippen LogP contribution in [0.1, 0.15) is 6.42 Å². The Labute approximate surface area is 65.9 Å². The second-order valence-electron chi connectivity index (χ2n) is 2.44. The van der Waals surface area contributed by atoms with E-state index in [0.29, 0.717) is 0 Å². The van der Waals surface area contributed by atoms with Gasteiger partial charge in [0.2, 0.25) is 0 Å². The molecular formula is C7H14BrN. The molecule has 0 aromatic carbocycles. The van der Waals surface area contributed by atoms with Crippen molar-refractivity contribution in [2.75, 3.05) is 26.0 Å². The van der Waals surface area contributed by atoms with Crippen LogP contribution >= 0.6 is 15.9 Å². The third kappa shape index (κ3) is 6.06. The van der Waals surface area contributed by atoms with Crippen LogP contribution in [0.4, 0.5) is 0 Å². The summed E-state index contributed by atoms with van der Waals surface area (Å²) in [6.45, 7) is 4.97. The van der Waals surface area contributed by atoms with Crippen molar-refractivity contribution < 1.29 is 0 Å². The summed E-state index contributed by atoms with van der Waals surface area (Å²) in [6.07, 6.45) is 1.10. The van der Waals surface area contributed by atoms with Gasteiger partial charge in [-0.05, 0) is 20.5 Å². The van der Waals surface area contributed by atoms with E-state index in [1.54, 1.807) is 0 Å². The minimum Gasteiger partial charge on any atom is -0.309 e. The number of hydrogen-bond acceptors (Lipinski definition) is 1. The van der Waals surface area contributed by atoms with E-state index in [0.717, 1.165) is 18.3 Å². The van der Waals surface area contributed by atoms with Crippen molar-refractivity contribution in [3.05, 3.63) is 12.2 Å². The second-order valence-corrected chi connectivity index (χ2v) is 3.00.